The molecule has 0 spiro atoms. The molecule has 0 unspecified atom stereocenters. The number of hydrogen-bond acceptors (Lipinski definition) is 2. The van der Waals surface area contributed by atoms with Gasteiger partial charge >= 0.3 is 6.18 Å². The molecule has 3 nitrogen and oxygen atoms in total. The molecule has 0 heterocycles. The zero-order chi connectivity index (χ0) is 18.8. The highest BCUT2D eigenvalue weighted by atomic mass is 79.9. The molecule has 0 saturated heterocycles. The maximum Gasteiger partial charge on any atom is 0.418 e. The highest BCUT2D eigenvalue weighted by molar-refractivity contribution is 9.11. The topological polar surface area (TPSA) is 38.3 Å². The number of alkyl halides is 3. The van der Waals surface area contributed by atoms with Crippen LogP contribution in [0.15, 0.2) is 39.3 Å². The van der Waals surface area contributed by atoms with Gasteiger partial charge in [-0.25, -0.2) is 0 Å². The van der Waals surface area contributed by atoms with E-state index in [1.54, 1.807) is 19.1 Å². The number of benzene rings is 2. The van der Waals surface area contributed by atoms with E-state index >= 15 is 0 Å². The summed E-state index contributed by atoms with van der Waals surface area (Å²) in [6.45, 7) is 1.34. The third-order valence-corrected chi connectivity index (χ3v) is 4.38. The zero-order valence-corrected chi connectivity index (χ0v) is 16.6. The van der Waals surface area contributed by atoms with Gasteiger partial charge in [0.1, 0.15) is 5.75 Å². The molecular formula is C16H11Br2ClF3NO2. The van der Waals surface area contributed by atoms with Crippen molar-refractivity contribution < 1.29 is 22.7 Å². The number of carbonyl (C=O) groups is 1. The Hall–Kier alpha value is -1.25. The van der Waals surface area contributed by atoms with Gasteiger partial charge in [-0.1, -0.05) is 27.5 Å². The molecule has 0 aromatic heterocycles. The van der Waals surface area contributed by atoms with Crippen LogP contribution >= 0.6 is 43.5 Å². The minimum Gasteiger partial charge on any atom is -0.482 e. The molecule has 1 amide bonds. The quantitative estimate of drug-likeness (QED) is 0.541. The Balaban J connectivity index is 2.12. The highest BCUT2D eigenvalue weighted by Crippen LogP contribution is 2.36. The first-order valence-corrected chi connectivity index (χ1v) is 8.79. The Kier molecular flexibility index (Phi) is 6.40. The number of carbonyl (C=O) groups excluding carboxylic acids is 1. The zero-order valence-electron chi connectivity index (χ0n) is 12.7. The van der Waals surface area contributed by atoms with Crippen molar-refractivity contribution in [1.29, 1.82) is 0 Å². The van der Waals surface area contributed by atoms with Crippen molar-refractivity contribution in [3.8, 4) is 5.75 Å². The average molecular weight is 502 g/mol. The summed E-state index contributed by atoms with van der Waals surface area (Å²) < 4.78 is 45.9. The predicted octanol–water partition coefficient (Wildman–Crippen LogP) is 6.21. The van der Waals surface area contributed by atoms with E-state index in [1.165, 1.54) is 6.07 Å². The maximum absolute atomic E-state index is 13.0. The van der Waals surface area contributed by atoms with Crippen LogP contribution in [-0.4, -0.2) is 12.5 Å². The number of aryl methyl sites for hydroxylation is 1. The second-order valence-electron chi connectivity index (χ2n) is 5.06. The lowest BCUT2D eigenvalue weighted by Gasteiger charge is -2.15. The van der Waals surface area contributed by atoms with E-state index in [0.29, 0.717) is 10.2 Å². The summed E-state index contributed by atoms with van der Waals surface area (Å²) in [6, 6.07) is 6.65. The largest absolute Gasteiger partial charge is 0.482 e. The molecule has 0 bridgehead atoms. The lowest BCUT2D eigenvalue weighted by molar-refractivity contribution is -0.137. The lowest BCUT2D eigenvalue weighted by Crippen LogP contribution is -2.22. The third kappa shape index (κ3) is 5.36. The molecule has 2 rings (SSSR count). The number of amides is 1. The minimum atomic E-state index is -4.64. The average Bonchev–Trinajstić information content (AvgIpc) is 2.47. The SMILES string of the molecule is Cc1cc(Br)cc(Br)c1OCC(=O)Nc1ccc(Cl)cc1C(F)(F)F. The number of hydrogen-bond donors (Lipinski definition) is 1. The first-order valence-electron chi connectivity index (χ1n) is 6.83. The molecule has 2 aromatic rings. The summed E-state index contributed by atoms with van der Waals surface area (Å²) >= 11 is 12.2. The van der Waals surface area contributed by atoms with E-state index < -0.39 is 24.3 Å². The van der Waals surface area contributed by atoms with Crippen molar-refractivity contribution in [2.45, 2.75) is 13.1 Å². The summed E-state index contributed by atoms with van der Waals surface area (Å²) in [5.74, 6) is -0.285. The number of anilines is 1. The molecule has 0 saturated carbocycles. The van der Waals surface area contributed by atoms with Crippen molar-refractivity contribution in [2.75, 3.05) is 11.9 Å². The Morgan fingerprint density at radius 3 is 2.52 bits per heavy atom. The van der Waals surface area contributed by atoms with Crippen LogP contribution in [0.25, 0.3) is 0 Å². The highest BCUT2D eigenvalue weighted by Gasteiger charge is 2.34. The number of rotatable bonds is 4. The van der Waals surface area contributed by atoms with E-state index in [9.17, 15) is 18.0 Å². The molecule has 0 aliphatic carbocycles. The first kappa shape index (κ1) is 20.1. The van der Waals surface area contributed by atoms with Crippen LogP contribution in [-0.2, 0) is 11.0 Å². The molecule has 25 heavy (non-hydrogen) atoms. The molecule has 2 aromatic carbocycles. The van der Waals surface area contributed by atoms with Gasteiger partial charge in [0, 0.05) is 9.50 Å². The fraction of sp³-hybridized carbons (Fsp3) is 0.188. The van der Waals surface area contributed by atoms with Gasteiger partial charge in [0.15, 0.2) is 6.61 Å². The predicted molar refractivity (Wildman–Crippen MR) is 97.2 cm³/mol. The fourth-order valence-corrected chi connectivity index (χ4v) is 3.78. The molecule has 0 fully saturated rings. The molecule has 1 N–H and O–H groups in total. The second kappa shape index (κ2) is 7.97. The van der Waals surface area contributed by atoms with Crippen LogP contribution in [0.3, 0.4) is 0 Å². The minimum absolute atomic E-state index is 0.0732. The van der Waals surface area contributed by atoms with Gasteiger partial charge < -0.3 is 10.1 Å². The Bertz CT molecular complexity index is 789. The van der Waals surface area contributed by atoms with Crippen LogP contribution < -0.4 is 10.1 Å². The number of halogens is 6. The van der Waals surface area contributed by atoms with Crippen molar-refractivity contribution in [1.82, 2.24) is 0 Å². The molecule has 0 aliphatic rings. The van der Waals surface area contributed by atoms with E-state index in [2.05, 4.69) is 37.2 Å². The monoisotopic (exact) mass is 499 g/mol. The number of nitrogens with one attached hydrogen (secondary N) is 1. The Morgan fingerprint density at radius 1 is 1.24 bits per heavy atom. The van der Waals surface area contributed by atoms with Gasteiger partial charge in [-0.05, 0) is 58.7 Å². The molecule has 9 heteroatoms. The summed E-state index contributed by atoms with van der Waals surface area (Å²) in [7, 11) is 0. The second-order valence-corrected chi connectivity index (χ2v) is 7.26. The first-order chi connectivity index (χ1) is 11.6. The van der Waals surface area contributed by atoms with Crippen molar-refractivity contribution in [2.24, 2.45) is 0 Å². The summed E-state index contributed by atoms with van der Waals surface area (Å²) in [6.07, 6.45) is -4.64. The van der Waals surface area contributed by atoms with Crippen LogP contribution in [0, 0.1) is 6.92 Å². The summed E-state index contributed by atoms with van der Waals surface area (Å²) in [5, 5.41) is 2.12. The van der Waals surface area contributed by atoms with Crippen molar-refractivity contribution in [3.63, 3.8) is 0 Å². The van der Waals surface area contributed by atoms with Gasteiger partial charge in [0.2, 0.25) is 0 Å². The molecular weight excluding hydrogens is 490 g/mol. The Morgan fingerprint density at radius 2 is 1.92 bits per heavy atom. The summed E-state index contributed by atoms with van der Waals surface area (Å²) in [5.41, 5.74) is -0.636. The van der Waals surface area contributed by atoms with Gasteiger partial charge in [0.25, 0.3) is 5.91 Å². The maximum atomic E-state index is 13.0. The molecule has 0 atom stereocenters. The smallest absolute Gasteiger partial charge is 0.418 e. The van der Waals surface area contributed by atoms with Crippen LogP contribution in [0.1, 0.15) is 11.1 Å². The summed E-state index contributed by atoms with van der Waals surface area (Å²) in [4.78, 5) is 12.0. The van der Waals surface area contributed by atoms with Gasteiger partial charge in [-0.3, -0.25) is 4.79 Å². The molecule has 134 valence electrons. The van der Waals surface area contributed by atoms with Gasteiger partial charge in [-0.2, -0.15) is 13.2 Å². The lowest BCUT2D eigenvalue weighted by atomic mass is 10.1. The van der Waals surface area contributed by atoms with Gasteiger partial charge in [-0.15, -0.1) is 0 Å². The van der Waals surface area contributed by atoms with Crippen LogP contribution in [0.5, 0.6) is 5.75 Å². The van der Waals surface area contributed by atoms with E-state index in [4.69, 9.17) is 16.3 Å². The van der Waals surface area contributed by atoms with E-state index in [1.807, 2.05) is 0 Å². The van der Waals surface area contributed by atoms with Crippen LogP contribution in [0.2, 0.25) is 5.02 Å². The third-order valence-electron chi connectivity index (χ3n) is 3.10. The normalized spacial score (nSPS) is 11.3. The van der Waals surface area contributed by atoms with Crippen molar-refractivity contribution in [3.05, 3.63) is 55.4 Å². The van der Waals surface area contributed by atoms with Crippen molar-refractivity contribution >= 4 is 55.1 Å². The van der Waals surface area contributed by atoms with Gasteiger partial charge in [0.05, 0.1) is 15.7 Å². The molecule has 0 radical (unpaired) electrons. The van der Waals surface area contributed by atoms with Crippen LogP contribution in [0.4, 0.5) is 18.9 Å². The standard InChI is InChI=1S/C16H11Br2ClF3NO2/c1-8-4-9(17)5-12(18)15(8)25-7-14(24)23-13-3-2-10(19)6-11(13)16(20,21)22/h2-6H,7H2,1H3,(H,23,24). The molecule has 0 aliphatic heterocycles. The fourth-order valence-electron chi connectivity index (χ4n) is 2.06. The van der Waals surface area contributed by atoms with E-state index in [-0.39, 0.29) is 10.7 Å². The van der Waals surface area contributed by atoms with E-state index in [0.717, 1.165) is 22.2 Å². The Labute approximate surface area is 163 Å². The number of ether oxygens (including phenoxy) is 1.